The molecule has 0 aliphatic heterocycles. The zero-order valence-corrected chi connectivity index (χ0v) is 17.7. The van der Waals surface area contributed by atoms with Gasteiger partial charge >= 0.3 is 12.1 Å². The number of amides is 1. The van der Waals surface area contributed by atoms with Gasteiger partial charge in [0.15, 0.2) is 0 Å². The number of aromatic nitrogens is 1. The Hall–Kier alpha value is -2.94. The van der Waals surface area contributed by atoms with Gasteiger partial charge in [-0.15, -0.1) is 0 Å². The van der Waals surface area contributed by atoms with Crippen LogP contribution in [0.3, 0.4) is 0 Å². The highest BCUT2D eigenvalue weighted by Crippen LogP contribution is 2.34. The fourth-order valence-electron chi connectivity index (χ4n) is 3.09. The first-order valence-electron chi connectivity index (χ1n) is 9.76. The molecule has 0 aliphatic rings. The van der Waals surface area contributed by atoms with Crippen molar-refractivity contribution in [1.82, 2.24) is 9.88 Å². The lowest BCUT2D eigenvalue weighted by Gasteiger charge is -2.23. The minimum absolute atomic E-state index is 0.00193. The number of rotatable bonds is 9. The maximum atomic E-state index is 13.3. The molecule has 0 aliphatic carbocycles. The molecule has 168 valence electrons. The first kappa shape index (κ1) is 24.3. The molecule has 1 heterocycles. The number of nitrogens with zero attached hydrogens (tertiary/aromatic N) is 2. The normalized spacial score (nSPS) is 11.3. The number of ether oxygens (including phenoxy) is 2. The van der Waals surface area contributed by atoms with Crippen molar-refractivity contribution in [1.29, 1.82) is 0 Å². The van der Waals surface area contributed by atoms with Gasteiger partial charge in [0.05, 0.1) is 18.6 Å². The second-order valence-electron chi connectivity index (χ2n) is 6.77. The summed E-state index contributed by atoms with van der Waals surface area (Å²) in [5.41, 5.74) is 1.12. The molecule has 6 nitrogen and oxygen atoms in total. The van der Waals surface area contributed by atoms with E-state index in [2.05, 4.69) is 4.98 Å². The largest absolute Gasteiger partial charge is 0.466 e. The predicted octanol–water partition coefficient (Wildman–Crippen LogP) is 3.87. The number of esters is 1. The summed E-state index contributed by atoms with van der Waals surface area (Å²) in [6.45, 7) is 3.79. The van der Waals surface area contributed by atoms with Crippen LogP contribution in [0.1, 0.15) is 30.5 Å². The van der Waals surface area contributed by atoms with Crippen LogP contribution in [-0.4, -0.2) is 48.6 Å². The van der Waals surface area contributed by atoms with Crippen LogP contribution in [0.15, 0.2) is 36.7 Å². The Morgan fingerprint density at radius 1 is 1.13 bits per heavy atom. The Labute approximate surface area is 179 Å². The molecular formula is C22H25F3N2O4. The molecule has 1 aromatic heterocycles. The van der Waals surface area contributed by atoms with Gasteiger partial charge < -0.3 is 14.4 Å². The number of alkyl halides is 3. The highest BCUT2D eigenvalue weighted by Gasteiger charge is 2.31. The summed E-state index contributed by atoms with van der Waals surface area (Å²) in [5.74, 6) is -0.751. The van der Waals surface area contributed by atoms with Crippen molar-refractivity contribution in [2.24, 2.45) is 0 Å². The van der Waals surface area contributed by atoms with E-state index in [9.17, 15) is 22.8 Å². The lowest BCUT2D eigenvalue weighted by molar-refractivity contribution is -0.142. The average molecular weight is 438 g/mol. The van der Waals surface area contributed by atoms with E-state index in [4.69, 9.17) is 9.47 Å². The van der Waals surface area contributed by atoms with Gasteiger partial charge in [-0.1, -0.05) is 6.07 Å². The van der Waals surface area contributed by atoms with Crippen LogP contribution >= 0.6 is 0 Å². The van der Waals surface area contributed by atoms with Gasteiger partial charge in [0.1, 0.15) is 6.61 Å². The van der Waals surface area contributed by atoms with Crippen LogP contribution in [0, 0.1) is 0 Å². The average Bonchev–Trinajstić information content (AvgIpc) is 2.71. The van der Waals surface area contributed by atoms with Crippen molar-refractivity contribution in [3.8, 4) is 11.1 Å². The van der Waals surface area contributed by atoms with Crippen molar-refractivity contribution < 1.29 is 32.2 Å². The molecule has 0 spiro atoms. The molecule has 1 amide bonds. The van der Waals surface area contributed by atoms with E-state index in [0.29, 0.717) is 28.8 Å². The van der Waals surface area contributed by atoms with Crippen molar-refractivity contribution in [3.63, 3.8) is 0 Å². The third kappa shape index (κ3) is 6.78. The summed E-state index contributed by atoms with van der Waals surface area (Å²) < 4.78 is 49.8. The van der Waals surface area contributed by atoms with Gasteiger partial charge in [0.2, 0.25) is 5.91 Å². The number of carbonyl (C=O) groups excluding carboxylic acids is 2. The maximum absolute atomic E-state index is 13.3. The highest BCUT2D eigenvalue weighted by molar-refractivity contribution is 5.78. The van der Waals surface area contributed by atoms with E-state index >= 15 is 0 Å². The molecule has 0 saturated heterocycles. The quantitative estimate of drug-likeness (QED) is 0.556. The molecule has 0 atom stereocenters. The molecule has 0 bridgehead atoms. The van der Waals surface area contributed by atoms with Crippen LogP contribution in [0.2, 0.25) is 0 Å². The first-order chi connectivity index (χ1) is 14.7. The standard InChI is InChI=1S/C22H25F3N2O4/c1-4-27(20(28)14-30-3)13-17-10-18(22(23,24)25)6-7-19(17)16-8-15(11-26-12-16)9-21(29)31-5-2/h6-8,10-12H,4-5,9,13-14H2,1-3H3. The van der Waals surface area contributed by atoms with Crippen LogP contribution in [0.25, 0.3) is 11.1 Å². The van der Waals surface area contributed by atoms with E-state index in [1.165, 1.54) is 30.5 Å². The molecule has 31 heavy (non-hydrogen) atoms. The van der Waals surface area contributed by atoms with Crippen molar-refractivity contribution in [2.45, 2.75) is 33.0 Å². The van der Waals surface area contributed by atoms with Crippen molar-refractivity contribution in [2.75, 3.05) is 26.9 Å². The molecule has 0 saturated carbocycles. The molecule has 0 unspecified atom stereocenters. The number of benzene rings is 1. The highest BCUT2D eigenvalue weighted by atomic mass is 19.4. The zero-order valence-electron chi connectivity index (χ0n) is 17.7. The molecule has 2 rings (SSSR count). The Kier molecular flexibility index (Phi) is 8.56. The Morgan fingerprint density at radius 3 is 2.48 bits per heavy atom. The van der Waals surface area contributed by atoms with Gasteiger partial charge in [-0.25, -0.2) is 0 Å². The second kappa shape index (κ2) is 10.9. The molecule has 0 fully saturated rings. The van der Waals surface area contributed by atoms with Crippen LogP contribution in [0.5, 0.6) is 0 Å². The molecular weight excluding hydrogens is 413 g/mol. The van der Waals surface area contributed by atoms with Crippen LogP contribution in [-0.2, 0) is 38.2 Å². The van der Waals surface area contributed by atoms with Gasteiger partial charge in [0, 0.05) is 38.2 Å². The lowest BCUT2D eigenvalue weighted by Crippen LogP contribution is -2.33. The monoisotopic (exact) mass is 438 g/mol. The van der Waals surface area contributed by atoms with Gasteiger partial charge in [0.25, 0.3) is 0 Å². The maximum Gasteiger partial charge on any atom is 0.416 e. The molecule has 2 aromatic rings. The lowest BCUT2D eigenvalue weighted by atomic mass is 9.96. The summed E-state index contributed by atoms with van der Waals surface area (Å²) in [6, 6.07) is 5.07. The number of hydrogen-bond acceptors (Lipinski definition) is 5. The van der Waals surface area contributed by atoms with E-state index in [1.807, 2.05) is 0 Å². The second-order valence-corrected chi connectivity index (χ2v) is 6.77. The van der Waals surface area contributed by atoms with E-state index in [1.54, 1.807) is 19.9 Å². The molecule has 1 aromatic carbocycles. The van der Waals surface area contributed by atoms with Crippen molar-refractivity contribution >= 4 is 11.9 Å². The Bertz CT molecular complexity index is 916. The smallest absolute Gasteiger partial charge is 0.416 e. The molecule has 9 heteroatoms. The molecule has 0 radical (unpaired) electrons. The van der Waals surface area contributed by atoms with Gasteiger partial charge in [-0.2, -0.15) is 13.2 Å². The molecule has 0 N–H and O–H groups in total. The first-order valence-corrected chi connectivity index (χ1v) is 9.76. The summed E-state index contributed by atoms with van der Waals surface area (Å²) >= 11 is 0. The summed E-state index contributed by atoms with van der Waals surface area (Å²) in [4.78, 5) is 29.6. The van der Waals surface area contributed by atoms with Gasteiger partial charge in [-0.3, -0.25) is 14.6 Å². The van der Waals surface area contributed by atoms with E-state index in [-0.39, 0.29) is 32.1 Å². The fraction of sp³-hybridized carbons (Fsp3) is 0.409. The Balaban J connectivity index is 2.47. The zero-order chi connectivity index (χ0) is 23.0. The van der Waals surface area contributed by atoms with Crippen LogP contribution in [0.4, 0.5) is 13.2 Å². The minimum Gasteiger partial charge on any atom is -0.466 e. The van der Waals surface area contributed by atoms with E-state index < -0.39 is 17.7 Å². The van der Waals surface area contributed by atoms with E-state index in [0.717, 1.165) is 12.1 Å². The van der Waals surface area contributed by atoms with Crippen molar-refractivity contribution in [3.05, 3.63) is 53.3 Å². The number of pyridine rings is 1. The van der Waals surface area contributed by atoms with Gasteiger partial charge in [-0.05, 0) is 48.7 Å². The summed E-state index contributed by atoms with van der Waals surface area (Å²) in [6.07, 6.45) is -1.51. The van der Waals surface area contributed by atoms with Crippen LogP contribution < -0.4 is 0 Å². The third-order valence-corrected chi connectivity index (χ3v) is 4.56. The number of halogens is 3. The predicted molar refractivity (Wildman–Crippen MR) is 108 cm³/mol. The number of hydrogen-bond donors (Lipinski definition) is 0. The number of carbonyl (C=O) groups is 2. The Morgan fingerprint density at radius 2 is 1.87 bits per heavy atom. The summed E-state index contributed by atoms with van der Waals surface area (Å²) in [7, 11) is 1.38. The SMILES string of the molecule is CCOC(=O)Cc1cncc(-c2ccc(C(F)(F)F)cc2CN(CC)C(=O)COC)c1. The number of methoxy groups -OCH3 is 1. The fourth-order valence-corrected chi connectivity index (χ4v) is 3.09. The third-order valence-electron chi connectivity index (χ3n) is 4.56. The minimum atomic E-state index is -4.52. The summed E-state index contributed by atoms with van der Waals surface area (Å²) in [5, 5.41) is 0. The number of likely N-dealkylation sites (N-methyl/N-ethyl adjacent to an activating group) is 1. The topological polar surface area (TPSA) is 68.7 Å².